The molecule has 0 aliphatic rings. The fourth-order valence-electron chi connectivity index (χ4n) is 2.07. The molecule has 1 N–H and O–H groups in total. The Morgan fingerprint density at radius 3 is 2.11 bits per heavy atom. The highest BCUT2D eigenvalue weighted by molar-refractivity contribution is 8.13. The van der Waals surface area contributed by atoms with Crippen LogP contribution in [0.3, 0.4) is 0 Å². The van der Waals surface area contributed by atoms with Crippen molar-refractivity contribution in [3.05, 3.63) is 53.6 Å². The molecule has 28 heavy (non-hydrogen) atoms. The van der Waals surface area contributed by atoms with E-state index >= 15 is 0 Å². The number of carbonyl (C=O) groups excluding carboxylic acids is 2. The molecular formula is C18H20ClN3O4S2. The summed E-state index contributed by atoms with van der Waals surface area (Å²) in [5, 5.41) is 2.96. The largest absolute Gasteiger partial charge is 0.339 e. The van der Waals surface area contributed by atoms with Crippen LogP contribution in [0.1, 0.15) is 0 Å². The molecule has 0 atom stereocenters. The molecule has 0 unspecified atom stereocenters. The number of benzene rings is 2. The number of rotatable bonds is 6. The van der Waals surface area contributed by atoms with E-state index in [1.54, 1.807) is 38.4 Å². The lowest BCUT2D eigenvalue weighted by Gasteiger charge is -2.17. The van der Waals surface area contributed by atoms with Crippen LogP contribution in [0.15, 0.2) is 58.3 Å². The van der Waals surface area contributed by atoms with Crippen LogP contribution >= 0.6 is 23.4 Å². The third-order valence-electron chi connectivity index (χ3n) is 3.60. The van der Waals surface area contributed by atoms with Gasteiger partial charge in [0.1, 0.15) is 0 Å². The Hall–Kier alpha value is -2.07. The first kappa shape index (κ1) is 22.2. The zero-order valence-corrected chi connectivity index (χ0v) is 17.9. The minimum atomic E-state index is -3.80. The molecule has 0 fully saturated rings. The number of nitrogens with one attached hydrogen (secondary N) is 1. The first-order chi connectivity index (χ1) is 13.1. The number of carbonyl (C=O) groups is 2. The molecule has 0 saturated carbocycles. The van der Waals surface area contributed by atoms with Crippen molar-refractivity contribution in [3.8, 4) is 0 Å². The van der Waals surface area contributed by atoms with Crippen LogP contribution in [-0.4, -0.2) is 56.5 Å². The first-order valence-corrected chi connectivity index (χ1v) is 10.7. The molecular weight excluding hydrogens is 422 g/mol. The van der Waals surface area contributed by atoms with E-state index in [2.05, 4.69) is 5.32 Å². The lowest BCUT2D eigenvalue weighted by atomic mass is 10.3. The van der Waals surface area contributed by atoms with Gasteiger partial charge in [0.2, 0.25) is 15.9 Å². The standard InChI is InChI=1S/C18H20ClN3O4S2/c1-21(2)18(24)27-15-8-6-14(7-9-15)20-17(23)12-22(3)28(25,26)16-10-4-13(19)5-11-16/h4-11H,12H2,1-3H3,(H,20,23). The van der Waals surface area contributed by atoms with E-state index in [1.165, 1.54) is 36.2 Å². The van der Waals surface area contributed by atoms with Crippen molar-refractivity contribution in [2.24, 2.45) is 0 Å². The number of anilines is 1. The molecule has 0 aliphatic carbocycles. The highest BCUT2D eigenvalue weighted by atomic mass is 35.5. The van der Waals surface area contributed by atoms with Crippen LogP contribution in [0.25, 0.3) is 0 Å². The van der Waals surface area contributed by atoms with Gasteiger partial charge in [0, 0.05) is 36.7 Å². The summed E-state index contributed by atoms with van der Waals surface area (Å²) in [6.07, 6.45) is 0. The molecule has 2 aromatic rings. The Bertz CT molecular complexity index is 946. The van der Waals surface area contributed by atoms with Crippen LogP contribution in [0.4, 0.5) is 10.5 Å². The molecule has 0 radical (unpaired) electrons. The Kier molecular flexibility index (Phi) is 7.48. The summed E-state index contributed by atoms with van der Waals surface area (Å²) in [5.41, 5.74) is 0.504. The highest BCUT2D eigenvalue weighted by Crippen LogP contribution is 2.22. The fourth-order valence-corrected chi connectivity index (χ4v) is 3.98. The lowest BCUT2D eigenvalue weighted by Crippen LogP contribution is -2.34. The summed E-state index contributed by atoms with van der Waals surface area (Å²) in [5.74, 6) is -0.482. The summed E-state index contributed by atoms with van der Waals surface area (Å²) >= 11 is 6.84. The second-order valence-corrected chi connectivity index (χ2v) is 9.56. The van der Waals surface area contributed by atoms with Gasteiger partial charge in [-0.05, 0) is 60.3 Å². The number of thioether (sulfide) groups is 1. The normalized spacial score (nSPS) is 11.3. The second-order valence-electron chi connectivity index (χ2n) is 6.05. The molecule has 0 heterocycles. The van der Waals surface area contributed by atoms with Gasteiger partial charge in [-0.2, -0.15) is 4.31 Å². The van der Waals surface area contributed by atoms with Crippen LogP contribution < -0.4 is 5.32 Å². The van der Waals surface area contributed by atoms with Gasteiger partial charge in [-0.3, -0.25) is 9.59 Å². The summed E-state index contributed by atoms with van der Waals surface area (Å²) < 4.78 is 26.0. The number of hydrogen-bond donors (Lipinski definition) is 1. The van der Waals surface area contributed by atoms with Crippen molar-refractivity contribution in [1.29, 1.82) is 0 Å². The van der Waals surface area contributed by atoms with Gasteiger partial charge in [-0.25, -0.2) is 8.42 Å². The Balaban J connectivity index is 1.97. The highest BCUT2D eigenvalue weighted by Gasteiger charge is 2.23. The van der Waals surface area contributed by atoms with Gasteiger partial charge in [-0.1, -0.05) is 11.6 Å². The van der Waals surface area contributed by atoms with Gasteiger partial charge in [0.05, 0.1) is 11.4 Å². The maximum atomic E-state index is 12.5. The fraction of sp³-hybridized carbons (Fsp3) is 0.222. The first-order valence-electron chi connectivity index (χ1n) is 8.10. The van der Waals surface area contributed by atoms with E-state index in [-0.39, 0.29) is 16.7 Å². The maximum absolute atomic E-state index is 12.5. The molecule has 2 aromatic carbocycles. The van der Waals surface area contributed by atoms with E-state index < -0.39 is 15.9 Å². The summed E-state index contributed by atoms with van der Waals surface area (Å²) in [7, 11) is 0.857. The smallest absolute Gasteiger partial charge is 0.285 e. The van der Waals surface area contributed by atoms with E-state index in [4.69, 9.17) is 11.6 Å². The zero-order valence-electron chi connectivity index (χ0n) is 15.5. The lowest BCUT2D eigenvalue weighted by molar-refractivity contribution is -0.116. The van der Waals surface area contributed by atoms with Crippen molar-refractivity contribution in [1.82, 2.24) is 9.21 Å². The van der Waals surface area contributed by atoms with Crippen LogP contribution in [0, 0.1) is 0 Å². The summed E-state index contributed by atoms with van der Waals surface area (Å²) in [6.45, 7) is -0.347. The van der Waals surface area contributed by atoms with Crippen molar-refractivity contribution >= 4 is 50.2 Å². The second kappa shape index (κ2) is 9.42. The predicted molar refractivity (Wildman–Crippen MR) is 111 cm³/mol. The summed E-state index contributed by atoms with van der Waals surface area (Å²) in [4.78, 5) is 26.1. The molecule has 2 rings (SSSR count). The van der Waals surface area contributed by atoms with Gasteiger partial charge >= 0.3 is 0 Å². The third-order valence-corrected chi connectivity index (χ3v) is 6.71. The monoisotopic (exact) mass is 441 g/mol. The average Bonchev–Trinajstić information content (AvgIpc) is 2.63. The van der Waals surface area contributed by atoms with Gasteiger partial charge in [-0.15, -0.1) is 0 Å². The minimum absolute atomic E-state index is 0.0548. The molecule has 150 valence electrons. The van der Waals surface area contributed by atoms with Crippen LogP contribution in [-0.2, 0) is 14.8 Å². The minimum Gasteiger partial charge on any atom is -0.339 e. The number of hydrogen-bond acceptors (Lipinski definition) is 5. The molecule has 10 heteroatoms. The van der Waals surface area contributed by atoms with E-state index in [9.17, 15) is 18.0 Å². The molecule has 2 amide bonds. The number of sulfonamides is 1. The molecule has 0 aromatic heterocycles. The average molecular weight is 442 g/mol. The van der Waals surface area contributed by atoms with Crippen molar-refractivity contribution in [2.45, 2.75) is 9.79 Å². The maximum Gasteiger partial charge on any atom is 0.285 e. The molecule has 0 spiro atoms. The molecule has 7 nitrogen and oxygen atoms in total. The predicted octanol–water partition coefficient (Wildman–Crippen LogP) is 3.37. The Labute approximate surface area is 173 Å². The van der Waals surface area contributed by atoms with E-state index in [0.717, 1.165) is 21.0 Å². The van der Waals surface area contributed by atoms with Crippen LogP contribution in [0.2, 0.25) is 5.02 Å². The van der Waals surface area contributed by atoms with Crippen molar-refractivity contribution in [2.75, 3.05) is 33.0 Å². The number of halogens is 1. The third kappa shape index (κ3) is 5.96. The molecule has 0 saturated heterocycles. The zero-order chi connectivity index (χ0) is 20.9. The topological polar surface area (TPSA) is 86.8 Å². The quantitative estimate of drug-likeness (QED) is 0.694. The Morgan fingerprint density at radius 1 is 1.00 bits per heavy atom. The van der Waals surface area contributed by atoms with E-state index in [1.807, 2.05) is 0 Å². The van der Waals surface area contributed by atoms with E-state index in [0.29, 0.717) is 10.7 Å². The Morgan fingerprint density at radius 2 is 1.57 bits per heavy atom. The van der Waals surface area contributed by atoms with Gasteiger partial charge in [0.25, 0.3) is 5.24 Å². The molecule has 0 bridgehead atoms. The molecule has 0 aliphatic heterocycles. The van der Waals surface area contributed by atoms with Crippen molar-refractivity contribution in [3.63, 3.8) is 0 Å². The number of nitrogens with zero attached hydrogens (tertiary/aromatic N) is 2. The number of amides is 2. The summed E-state index contributed by atoms with van der Waals surface area (Å²) in [6, 6.07) is 12.4. The van der Waals surface area contributed by atoms with Gasteiger partial charge in [0.15, 0.2) is 0 Å². The van der Waals surface area contributed by atoms with Gasteiger partial charge < -0.3 is 10.2 Å². The van der Waals surface area contributed by atoms with Crippen molar-refractivity contribution < 1.29 is 18.0 Å². The number of likely N-dealkylation sites (N-methyl/N-ethyl adjacent to an activating group) is 1. The SMILES string of the molecule is CN(C)C(=O)Sc1ccc(NC(=O)CN(C)S(=O)(=O)c2ccc(Cl)cc2)cc1. The van der Waals surface area contributed by atoms with Crippen LogP contribution in [0.5, 0.6) is 0 Å².